The van der Waals surface area contributed by atoms with Crippen LogP contribution in [0.15, 0.2) is 0 Å². The molecule has 0 radical (unpaired) electrons. The Hall–Kier alpha value is -0.120. The molecule has 98 valence electrons. The molecule has 3 heteroatoms. The molecule has 0 fully saturated rings. The maximum Gasteiger partial charge on any atom is 0.0615 e. The fraction of sp³-hybridized carbons (Fsp3) is 1.00. The Morgan fingerprint density at radius 3 is 2.31 bits per heavy atom. The number of nitrogens with zero attached hydrogens (tertiary/aromatic N) is 1. The highest BCUT2D eigenvalue weighted by Crippen LogP contribution is 2.03. The van der Waals surface area contributed by atoms with Crippen LogP contribution in [-0.2, 0) is 4.74 Å². The van der Waals surface area contributed by atoms with E-state index in [0.29, 0.717) is 18.1 Å². The summed E-state index contributed by atoms with van der Waals surface area (Å²) in [5.41, 5.74) is 0. The average Bonchev–Trinajstić information content (AvgIpc) is 2.25. The molecule has 16 heavy (non-hydrogen) atoms. The molecule has 0 aromatic carbocycles. The van der Waals surface area contributed by atoms with Crippen molar-refractivity contribution in [3.8, 4) is 0 Å². The highest BCUT2D eigenvalue weighted by Gasteiger charge is 2.15. The van der Waals surface area contributed by atoms with Crippen LogP contribution in [0.5, 0.6) is 0 Å². The summed E-state index contributed by atoms with van der Waals surface area (Å²) in [6.45, 7) is 10.8. The van der Waals surface area contributed by atoms with E-state index in [4.69, 9.17) is 4.74 Å². The van der Waals surface area contributed by atoms with Gasteiger partial charge in [-0.2, -0.15) is 0 Å². The molecule has 0 aliphatic rings. The highest BCUT2D eigenvalue weighted by molar-refractivity contribution is 4.73. The smallest absolute Gasteiger partial charge is 0.0615 e. The Morgan fingerprint density at radius 1 is 1.19 bits per heavy atom. The molecule has 0 aliphatic heterocycles. The molecule has 3 nitrogen and oxygen atoms in total. The number of hydrogen-bond donors (Lipinski definition) is 1. The SMILES string of the molecule is CCCC(C)NCC(C)N(C)C(C)COC. The molecule has 1 N–H and O–H groups in total. The third kappa shape index (κ3) is 6.46. The zero-order valence-electron chi connectivity index (χ0n) is 11.9. The van der Waals surface area contributed by atoms with Crippen LogP contribution >= 0.6 is 0 Å². The standard InChI is InChI=1S/C13H30N2O/c1-7-8-11(2)14-9-12(3)15(5)13(4)10-16-6/h11-14H,7-10H2,1-6H3. The van der Waals surface area contributed by atoms with Gasteiger partial charge in [0.1, 0.15) is 0 Å². The summed E-state index contributed by atoms with van der Waals surface area (Å²) in [6, 6.07) is 1.64. The second-order valence-corrected chi connectivity index (χ2v) is 4.92. The van der Waals surface area contributed by atoms with Gasteiger partial charge in [-0.3, -0.25) is 4.90 Å². The Bertz CT molecular complexity index is 164. The van der Waals surface area contributed by atoms with Crippen LogP contribution in [0, 0.1) is 0 Å². The van der Waals surface area contributed by atoms with E-state index in [0.717, 1.165) is 13.2 Å². The van der Waals surface area contributed by atoms with Crippen LogP contribution in [0.1, 0.15) is 40.5 Å². The molecule has 0 bridgehead atoms. The Labute approximate surface area is 102 Å². The molecule has 3 unspecified atom stereocenters. The van der Waals surface area contributed by atoms with Gasteiger partial charge in [0, 0.05) is 31.8 Å². The van der Waals surface area contributed by atoms with Crippen molar-refractivity contribution in [2.24, 2.45) is 0 Å². The van der Waals surface area contributed by atoms with Gasteiger partial charge in [-0.05, 0) is 34.2 Å². The number of nitrogens with one attached hydrogen (secondary N) is 1. The van der Waals surface area contributed by atoms with Crippen molar-refractivity contribution in [1.29, 1.82) is 0 Å². The second kappa shape index (κ2) is 8.97. The normalized spacial score (nSPS) is 17.4. The summed E-state index contributed by atoms with van der Waals surface area (Å²) in [5, 5.41) is 3.58. The number of rotatable bonds is 9. The highest BCUT2D eigenvalue weighted by atomic mass is 16.5. The second-order valence-electron chi connectivity index (χ2n) is 4.92. The van der Waals surface area contributed by atoms with Gasteiger partial charge in [-0.1, -0.05) is 13.3 Å². The third-order valence-corrected chi connectivity index (χ3v) is 3.28. The van der Waals surface area contributed by atoms with E-state index in [1.807, 2.05) is 0 Å². The van der Waals surface area contributed by atoms with Crippen molar-refractivity contribution in [2.75, 3.05) is 27.3 Å². The van der Waals surface area contributed by atoms with Crippen LogP contribution < -0.4 is 5.32 Å². The van der Waals surface area contributed by atoms with Crippen LogP contribution in [-0.4, -0.2) is 50.3 Å². The minimum absolute atomic E-state index is 0.475. The van der Waals surface area contributed by atoms with Crippen LogP contribution in [0.2, 0.25) is 0 Å². The predicted octanol–water partition coefficient (Wildman–Crippen LogP) is 2.12. The molecule has 0 aliphatic carbocycles. The van der Waals surface area contributed by atoms with Crippen molar-refractivity contribution in [2.45, 2.75) is 58.7 Å². The van der Waals surface area contributed by atoms with E-state index in [1.165, 1.54) is 12.8 Å². The van der Waals surface area contributed by atoms with Gasteiger partial charge in [-0.25, -0.2) is 0 Å². The first kappa shape index (κ1) is 15.9. The summed E-state index contributed by atoms with van der Waals surface area (Å²) in [6.07, 6.45) is 2.50. The lowest BCUT2D eigenvalue weighted by atomic mass is 10.1. The molecule has 0 saturated heterocycles. The number of likely N-dealkylation sites (N-methyl/N-ethyl adjacent to an activating group) is 1. The third-order valence-electron chi connectivity index (χ3n) is 3.28. The summed E-state index contributed by atoms with van der Waals surface area (Å²) < 4.78 is 5.18. The fourth-order valence-electron chi connectivity index (χ4n) is 1.84. The first-order valence-corrected chi connectivity index (χ1v) is 6.47. The van der Waals surface area contributed by atoms with E-state index in [9.17, 15) is 0 Å². The van der Waals surface area contributed by atoms with Crippen molar-refractivity contribution < 1.29 is 4.74 Å². The van der Waals surface area contributed by atoms with E-state index in [1.54, 1.807) is 7.11 Å². The molecule has 0 aromatic heterocycles. The first-order valence-electron chi connectivity index (χ1n) is 6.47. The fourth-order valence-corrected chi connectivity index (χ4v) is 1.84. The number of ether oxygens (including phenoxy) is 1. The van der Waals surface area contributed by atoms with E-state index in [2.05, 4.69) is 45.0 Å². The van der Waals surface area contributed by atoms with Gasteiger partial charge in [0.15, 0.2) is 0 Å². The van der Waals surface area contributed by atoms with Gasteiger partial charge < -0.3 is 10.1 Å². The van der Waals surface area contributed by atoms with E-state index < -0.39 is 0 Å². The average molecular weight is 230 g/mol. The minimum atomic E-state index is 0.475. The Morgan fingerprint density at radius 2 is 1.81 bits per heavy atom. The molecule has 0 amide bonds. The monoisotopic (exact) mass is 230 g/mol. The Balaban J connectivity index is 3.81. The molecule has 0 aromatic rings. The van der Waals surface area contributed by atoms with E-state index >= 15 is 0 Å². The molecule has 0 rings (SSSR count). The largest absolute Gasteiger partial charge is 0.383 e. The first-order chi connectivity index (χ1) is 7.52. The minimum Gasteiger partial charge on any atom is -0.383 e. The maximum absolute atomic E-state index is 5.18. The van der Waals surface area contributed by atoms with Gasteiger partial charge >= 0.3 is 0 Å². The zero-order chi connectivity index (χ0) is 12.6. The van der Waals surface area contributed by atoms with Crippen molar-refractivity contribution in [1.82, 2.24) is 10.2 Å². The van der Waals surface area contributed by atoms with E-state index in [-0.39, 0.29) is 0 Å². The number of methoxy groups -OCH3 is 1. The maximum atomic E-state index is 5.18. The topological polar surface area (TPSA) is 24.5 Å². The quantitative estimate of drug-likeness (QED) is 0.656. The van der Waals surface area contributed by atoms with Crippen LogP contribution in [0.25, 0.3) is 0 Å². The van der Waals surface area contributed by atoms with Crippen LogP contribution in [0.3, 0.4) is 0 Å². The van der Waals surface area contributed by atoms with Crippen LogP contribution in [0.4, 0.5) is 0 Å². The summed E-state index contributed by atoms with van der Waals surface area (Å²) >= 11 is 0. The number of hydrogen-bond acceptors (Lipinski definition) is 3. The molecule has 0 saturated carbocycles. The van der Waals surface area contributed by atoms with Gasteiger partial charge in [0.2, 0.25) is 0 Å². The van der Waals surface area contributed by atoms with Crippen molar-refractivity contribution >= 4 is 0 Å². The van der Waals surface area contributed by atoms with Gasteiger partial charge in [0.25, 0.3) is 0 Å². The summed E-state index contributed by atoms with van der Waals surface area (Å²) in [4.78, 5) is 2.37. The van der Waals surface area contributed by atoms with Crippen molar-refractivity contribution in [3.63, 3.8) is 0 Å². The lowest BCUT2D eigenvalue weighted by molar-refractivity contribution is 0.0927. The molecule has 0 heterocycles. The summed E-state index contributed by atoms with van der Waals surface area (Å²) in [5.74, 6) is 0. The summed E-state index contributed by atoms with van der Waals surface area (Å²) in [7, 11) is 3.93. The molecule has 3 atom stereocenters. The zero-order valence-corrected chi connectivity index (χ0v) is 11.9. The predicted molar refractivity (Wildman–Crippen MR) is 70.9 cm³/mol. The lowest BCUT2D eigenvalue weighted by Crippen LogP contribution is -2.45. The lowest BCUT2D eigenvalue weighted by Gasteiger charge is -2.31. The molecule has 0 spiro atoms. The van der Waals surface area contributed by atoms with Gasteiger partial charge in [-0.15, -0.1) is 0 Å². The molecular weight excluding hydrogens is 200 g/mol. The van der Waals surface area contributed by atoms with Gasteiger partial charge in [0.05, 0.1) is 6.61 Å². The molecular formula is C13H30N2O. The van der Waals surface area contributed by atoms with Crippen molar-refractivity contribution in [3.05, 3.63) is 0 Å². The Kier molecular flexibility index (Phi) is 8.90.